The molecule has 7 amide bonds. The van der Waals surface area contributed by atoms with Crippen LogP contribution in [0.1, 0.15) is 100 Å². The smallest absolute Gasteiger partial charge is 0.329 e. The van der Waals surface area contributed by atoms with E-state index < -0.39 is 113 Å². The summed E-state index contributed by atoms with van der Waals surface area (Å²) in [6, 6.07) is 0.671. The number of carbonyl (C=O) groups is 8. The third-order valence-corrected chi connectivity index (χ3v) is 10.5. The van der Waals surface area contributed by atoms with Gasteiger partial charge < -0.3 is 41.5 Å². The van der Waals surface area contributed by atoms with Gasteiger partial charge >= 0.3 is 5.97 Å². The van der Waals surface area contributed by atoms with E-state index in [1.54, 1.807) is 85.7 Å². The lowest BCUT2D eigenvalue weighted by Gasteiger charge is -2.32. The highest BCUT2D eigenvalue weighted by Crippen LogP contribution is 2.22. The Morgan fingerprint density at radius 2 is 1.33 bits per heavy atom. The lowest BCUT2D eigenvalue weighted by Crippen LogP contribution is -2.62. The van der Waals surface area contributed by atoms with E-state index in [0.717, 1.165) is 0 Å². The normalized spacial score (nSPS) is 26.1. The number of amides is 7. The van der Waals surface area contributed by atoms with Crippen LogP contribution in [0.15, 0.2) is 30.3 Å². The van der Waals surface area contributed by atoms with Crippen LogP contribution in [-0.2, 0) is 49.5 Å². The number of rotatable bonds is 11. The molecule has 1 aromatic carbocycles. The molecular formula is C42H65N7O9. The minimum atomic E-state index is -1.58. The predicted octanol–water partition coefficient (Wildman–Crippen LogP) is 1.50. The van der Waals surface area contributed by atoms with Crippen molar-refractivity contribution in [3.63, 3.8) is 0 Å². The van der Waals surface area contributed by atoms with Crippen LogP contribution in [0.5, 0.6) is 0 Å². The van der Waals surface area contributed by atoms with E-state index in [1.165, 1.54) is 11.8 Å². The Balaban J connectivity index is 2.17. The summed E-state index contributed by atoms with van der Waals surface area (Å²) in [6.07, 6.45) is 0.156. The molecule has 2 fully saturated rings. The minimum Gasteiger partial charge on any atom is -0.458 e. The molecule has 2 saturated heterocycles. The molecule has 16 heteroatoms. The second kappa shape index (κ2) is 21.7. The summed E-state index contributed by atoms with van der Waals surface area (Å²) < 4.78 is 5.86. The van der Waals surface area contributed by atoms with Crippen molar-refractivity contribution in [2.24, 2.45) is 23.7 Å². The van der Waals surface area contributed by atoms with Crippen molar-refractivity contribution in [3.8, 4) is 0 Å². The summed E-state index contributed by atoms with van der Waals surface area (Å²) in [5.74, 6) is -7.01. The molecule has 0 aromatic heterocycles. The molecule has 2 aliphatic rings. The highest BCUT2D eigenvalue weighted by molar-refractivity contribution is 5.98. The van der Waals surface area contributed by atoms with Crippen molar-refractivity contribution in [1.82, 2.24) is 36.8 Å². The first-order valence-electron chi connectivity index (χ1n) is 20.6. The maximum absolute atomic E-state index is 14.5. The van der Waals surface area contributed by atoms with Crippen LogP contribution in [-0.4, -0.2) is 107 Å². The Kier molecular flexibility index (Phi) is 17.7. The van der Waals surface area contributed by atoms with Gasteiger partial charge in [0.25, 0.3) is 0 Å². The summed E-state index contributed by atoms with van der Waals surface area (Å²) in [6.45, 7) is 17.2. The summed E-state index contributed by atoms with van der Waals surface area (Å²) in [7, 11) is 0. The van der Waals surface area contributed by atoms with Crippen molar-refractivity contribution in [1.29, 1.82) is 0 Å². The third-order valence-electron chi connectivity index (χ3n) is 10.5. The topological polar surface area (TPSA) is 221 Å². The van der Waals surface area contributed by atoms with E-state index in [2.05, 4.69) is 31.9 Å². The molecular weight excluding hydrogens is 747 g/mol. The fourth-order valence-electron chi connectivity index (χ4n) is 7.09. The van der Waals surface area contributed by atoms with Gasteiger partial charge in [-0.2, -0.15) is 0 Å². The molecule has 8 atom stereocenters. The van der Waals surface area contributed by atoms with Gasteiger partial charge in [-0.15, -0.1) is 0 Å². The summed E-state index contributed by atoms with van der Waals surface area (Å²) in [5, 5.41) is 16.5. The van der Waals surface area contributed by atoms with Crippen molar-refractivity contribution in [3.05, 3.63) is 35.9 Å². The van der Waals surface area contributed by atoms with Gasteiger partial charge in [0.05, 0.1) is 0 Å². The van der Waals surface area contributed by atoms with Gasteiger partial charge in [-0.25, -0.2) is 4.79 Å². The molecule has 0 radical (unpaired) electrons. The lowest BCUT2D eigenvalue weighted by molar-refractivity contribution is -0.157. The summed E-state index contributed by atoms with van der Waals surface area (Å²) in [4.78, 5) is 112. The largest absolute Gasteiger partial charge is 0.458 e. The first-order chi connectivity index (χ1) is 27.3. The fourth-order valence-corrected chi connectivity index (χ4v) is 7.09. The zero-order valence-corrected chi connectivity index (χ0v) is 35.7. The standard InChI is InChI=1S/C42H65N7O9/c1-11-16-30(50)44-31(22(2)3)37(52)48-35-26(10)58-42(57)34(25(8)9)47-39(54)33(24(6)7)46-38(53)32(23(4)5)45-36(51)29-19-15-20-49(29)41(56)28(43-40(35)55)21-27-17-13-12-14-18-27/h12-14,17-18,22-26,28-29,31-35H,11,15-16,19-21H2,1-10H3,(H,43,55)(H,44,50)(H,45,51)(H,46,53)(H,47,54)(H,48,52)/t26-,28+,29+,31+,32+,33+,34?,35+/m1/s1. The minimum absolute atomic E-state index is 0.0157. The molecule has 3 rings (SSSR count). The van der Waals surface area contributed by atoms with Crippen molar-refractivity contribution >= 4 is 47.3 Å². The molecule has 16 nitrogen and oxygen atoms in total. The van der Waals surface area contributed by atoms with E-state index in [0.29, 0.717) is 24.8 Å². The van der Waals surface area contributed by atoms with Gasteiger partial charge in [0.1, 0.15) is 48.4 Å². The maximum Gasteiger partial charge on any atom is 0.329 e. The Morgan fingerprint density at radius 1 is 0.776 bits per heavy atom. The second-order valence-electron chi connectivity index (χ2n) is 16.8. The van der Waals surface area contributed by atoms with Crippen LogP contribution in [0.25, 0.3) is 0 Å². The van der Waals surface area contributed by atoms with Crippen molar-refractivity contribution < 1.29 is 43.1 Å². The Bertz CT molecular complexity index is 1630. The highest BCUT2D eigenvalue weighted by Gasteiger charge is 2.43. The van der Waals surface area contributed by atoms with Crippen LogP contribution < -0.4 is 31.9 Å². The molecule has 0 bridgehead atoms. The number of nitrogens with one attached hydrogen (secondary N) is 6. The molecule has 322 valence electrons. The number of carbonyl (C=O) groups excluding carboxylic acids is 8. The number of cyclic esters (lactones) is 1. The van der Waals surface area contributed by atoms with Crippen LogP contribution >= 0.6 is 0 Å². The molecule has 2 aliphatic heterocycles. The SMILES string of the molecule is CCCC(=O)N[C@H](C(=O)N[C@@H]1C(=O)N[C@@H](Cc2ccccc2)C(=O)N2CCC[C@H]2C(=O)N[C@@H](C(C)C)C(=O)N[C@@H](C(C)C)C(=O)NC(C(C)C)C(=O)O[C@@H]1C)C(C)C. The number of fused-ring (bicyclic) bond motifs is 1. The molecule has 1 unspecified atom stereocenters. The van der Waals surface area contributed by atoms with E-state index in [1.807, 2.05) is 6.92 Å². The molecule has 58 heavy (non-hydrogen) atoms. The lowest BCUT2D eigenvalue weighted by atomic mass is 9.98. The van der Waals surface area contributed by atoms with Crippen LogP contribution in [0.3, 0.4) is 0 Å². The molecule has 1 aromatic rings. The number of hydrogen-bond donors (Lipinski definition) is 6. The first kappa shape index (κ1) is 47.4. The number of nitrogens with zero attached hydrogens (tertiary/aromatic N) is 1. The van der Waals surface area contributed by atoms with Crippen molar-refractivity contribution in [2.45, 2.75) is 150 Å². The number of esters is 1. The Morgan fingerprint density at radius 3 is 1.86 bits per heavy atom. The quantitative estimate of drug-likeness (QED) is 0.178. The monoisotopic (exact) mass is 811 g/mol. The zero-order valence-electron chi connectivity index (χ0n) is 35.7. The number of benzene rings is 1. The average molecular weight is 812 g/mol. The van der Waals surface area contributed by atoms with E-state index >= 15 is 0 Å². The average Bonchev–Trinajstić information content (AvgIpc) is 3.65. The molecule has 6 N–H and O–H groups in total. The van der Waals surface area contributed by atoms with Gasteiger partial charge in [0.2, 0.25) is 41.4 Å². The van der Waals surface area contributed by atoms with Gasteiger partial charge in [0, 0.05) is 19.4 Å². The van der Waals surface area contributed by atoms with Gasteiger partial charge in [0.15, 0.2) is 0 Å². The number of hydrogen-bond acceptors (Lipinski definition) is 9. The van der Waals surface area contributed by atoms with Crippen LogP contribution in [0.4, 0.5) is 0 Å². The predicted molar refractivity (Wildman–Crippen MR) is 216 cm³/mol. The third kappa shape index (κ3) is 12.7. The van der Waals surface area contributed by atoms with Crippen molar-refractivity contribution in [2.75, 3.05) is 6.54 Å². The van der Waals surface area contributed by atoms with Gasteiger partial charge in [-0.3, -0.25) is 33.6 Å². The fraction of sp³-hybridized carbons (Fsp3) is 0.667. The number of ether oxygens (including phenoxy) is 1. The van der Waals surface area contributed by atoms with E-state index in [-0.39, 0.29) is 25.3 Å². The van der Waals surface area contributed by atoms with Crippen LogP contribution in [0, 0.1) is 23.7 Å². The molecule has 2 heterocycles. The van der Waals surface area contributed by atoms with Gasteiger partial charge in [-0.05, 0) is 55.4 Å². The Labute approximate surface area is 342 Å². The van der Waals surface area contributed by atoms with Crippen LogP contribution in [0.2, 0.25) is 0 Å². The zero-order chi connectivity index (χ0) is 43.4. The molecule has 0 spiro atoms. The van der Waals surface area contributed by atoms with E-state index in [9.17, 15) is 38.4 Å². The first-order valence-corrected chi connectivity index (χ1v) is 20.6. The van der Waals surface area contributed by atoms with E-state index in [4.69, 9.17) is 4.74 Å². The molecule has 0 saturated carbocycles. The summed E-state index contributed by atoms with van der Waals surface area (Å²) >= 11 is 0. The maximum atomic E-state index is 14.5. The Hall–Kier alpha value is -5.02. The summed E-state index contributed by atoms with van der Waals surface area (Å²) in [5.41, 5.74) is 0.699. The second-order valence-corrected chi connectivity index (χ2v) is 16.8. The highest BCUT2D eigenvalue weighted by atomic mass is 16.5. The van der Waals surface area contributed by atoms with Gasteiger partial charge in [-0.1, -0.05) is 92.6 Å². The molecule has 0 aliphatic carbocycles.